The van der Waals surface area contributed by atoms with Crippen molar-refractivity contribution in [2.24, 2.45) is 5.92 Å². The second kappa shape index (κ2) is 4.94. The summed E-state index contributed by atoms with van der Waals surface area (Å²) in [6.45, 7) is 5.12. The van der Waals surface area contributed by atoms with Crippen molar-refractivity contribution in [3.63, 3.8) is 0 Å². The van der Waals surface area contributed by atoms with Crippen LogP contribution in [0, 0.1) is 5.92 Å². The van der Waals surface area contributed by atoms with Crippen molar-refractivity contribution in [1.29, 1.82) is 0 Å². The third-order valence-electron chi connectivity index (χ3n) is 2.14. The lowest BCUT2D eigenvalue weighted by atomic mass is 9.93. The van der Waals surface area contributed by atoms with Gasteiger partial charge in [-0.3, -0.25) is 0 Å². The molecule has 0 bridgehead atoms. The van der Waals surface area contributed by atoms with Crippen LogP contribution < -0.4 is 5.32 Å². The summed E-state index contributed by atoms with van der Waals surface area (Å²) in [6.07, 6.45) is 1.12. The average molecular weight is 182 g/mol. The van der Waals surface area contributed by atoms with E-state index in [1.54, 1.807) is 0 Å². The first-order valence-corrected chi connectivity index (χ1v) is 4.09. The van der Waals surface area contributed by atoms with E-state index in [0.29, 0.717) is 5.92 Å². The van der Waals surface area contributed by atoms with Crippen LogP contribution in [0.2, 0.25) is 0 Å². The van der Waals surface area contributed by atoms with Crippen molar-refractivity contribution >= 4 is 12.4 Å². The SMILES string of the molecule is CC(C)C1NCCCC1F.Cl. The van der Waals surface area contributed by atoms with Gasteiger partial charge in [0.1, 0.15) is 6.17 Å². The van der Waals surface area contributed by atoms with Gasteiger partial charge in [-0.15, -0.1) is 12.4 Å². The second-order valence-electron chi connectivity index (χ2n) is 3.38. The average Bonchev–Trinajstić information content (AvgIpc) is 1.88. The first-order chi connectivity index (χ1) is 4.72. The molecule has 0 aromatic carbocycles. The smallest absolute Gasteiger partial charge is 0.116 e. The lowest BCUT2D eigenvalue weighted by molar-refractivity contribution is 0.165. The lowest BCUT2D eigenvalue weighted by Gasteiger charge is -2.30. The molecule has 1 nitrogen and oxygen atoms in total. The maximum atomic E-state index is 13.0. The molecule has 1 saturated heterocycles. The molecule has 1 aliphatic heterocycles. The molecule has 3 heteroatoms. The predicted octanol–water partition coefficient (Wildman–Crippen LogP) is 2.15. The molecule has 0 aromatic heterocycles. The van der Waals surface area contributed by atoms with Crippen LogP contribution in [-0.4, -0.2) is 18.8 Å². The quantitative estimate of drug-likeness (QED) is 0.654. The third-order valence-corrected chi connectivity index (χ3v) is 2.14. The fourth-order valence-corrected chi connectivity index (χ4v) is 1.53. The minimum Gasteiger partial charge on any atom is -0.311 e. The highest BCUT2D eigenvalue weighted by molar-refractivity contribution is 5.85. The van der Waals surface area contributed by atoms with Crippen molar-refractivity contribution in [2.75, 3.05) is 6.54 Å². The van der Waals surface area contributed by atoms with E-state index in [1.807, 2.05) is 0 Å². The summed E-state index contributed by atoms with van der Waals surface area (Å²) in [5.41, 5.74) is 0. The van der Waals surface area contributed by atoms with Gasteiger partial charge in [0.05, 0.1) is 0 Å². The van der Waals surface area contributed by atoms with Crippen molar-refractivity contribution in [3.05, 3.63) is 0 Å². The summed E-state index contributed by atoms with van der Waals surface area (Å²) >= 11 is 0. The molecular weight excluding hydrogens is 165 g/mol. The van der Waals surface area contributed by atoms with E-state index in [-0.39, 0.29) is 18.4 Å². The Labute approximate surface area is 74.2 Å². The lowest BCUT2D eigenvalue weighted by Crippen LogP contribution is -2.45. The number of halogens is 2. The van der Waals surface area contributed by atoms with Gasteiger partial charge in [-0.05, 0) is 25.3 Å². The summed E-state index contributed by atoms with van der Waals surface area (Å²) in [6, 6.07) is 0.105. The van der Waals surface area contributed by atoms with E-state index in [4.69, 9.17) is 0 Å². The molecule has 1 N–H and O–H groups in total. The van der Waals surface area contributed by atoms with Gasteiger partial charge in [-0.25, -0.2) is 4.39 Å². The van der Waals surface area contributed by atoms with E-state index in [1.165, 1.54) is 0 Å². The summed E-state index contributed by atoms with van der Waals surface area (Å²) in [5, 5.41) is 3.19. The first-order valence-electron chi connectivity index (χ1n) is 4.09. The Morgan fingerprint density at radius 1 is 1.45 bits per heavy atom. The molecule has 1 heterocycles. The first kappa shape index (κ1) is 11.2. The number of hydrogen-bond acceptors (Lipinski definition) is 1. The van der Waals surface area contributed by atoms with Crippen LogP contribution in [-0.2, 0) is 0 Å². The number of rotatable bonds is 1. The third kappa shape index (κ3) is 2.96. The Kier molecular flexibility index (Phi) is 5.02. The Hall–Kier alpha value is 0.180. The van der Waals surface area contributed by atoms with Crippen molar-refractivity contribution in [3.8, 4) is 0 Å². The van der Waals surface area contributed by atoms with Gasteiger partial charge in [0.25, 0.3) is 0 Å². The van der Waals surface area contributed by atoms with Crippen molar-refractivity contribution in [2.45, 2.75) is 38.9 Å². The highest BCUT2D eigenvalue weighted by atomic mass is 35.5. The second-order valence-corrected chi connectivity index (χ2v) is 3.38. The highest BCUT2D eigenvalue weighted by Crippen LogP contribution is 2.17. The van der Waals surface area contributed by atoms with Crippen LogP contribution in [0.1, 0.15) is 26.7 Å². The molecule has 1 rings (SSSR count). The normalized spacial score (nSPS) is 31.6. The molecule has 68 valence electrons. The number of alkyl halides is 1. The molecule has 0 aromatic rings. The minimum absolute atomic E-state index is 0. The van der Waals surface area contributed by atoms with Crippen LogP contribution in [0.4, 0.5) is 4.39 Å². The summed E-state index contributed by atoms with van der Waals surface area (Å²) < 4.78 is 13.0. The van der Waals surface area contributed by atoms with Gasteiger partial charge in [-0.1, -0.05) is 13.8 Å². The zero-order chi connectivity index (χ0) is 7.56. The van der Waals surface area contributed by atoms with Crippen molar-refractivity contribution < 1.29 is 4.39 Å². The Morgan fingerprint density at radius 3 is 2.45 bits per heavy atom. The van der Waals surface area contributed by atoms with Gasteiger partial charge < -0.3 is 5.32 Å². The molecule has 2 atom stereocenters. The maximum absolute atomic E-state index is 13.0. The summed E-state index contributed by atoms with van der Waals surface area (Å²) in [7, 11) is 0. The van der Waals surface area contributed by atoms with Crippen LogP contribution in [0.3, 0.4) is 0 Å². The van der Waals surface area contributed by atoms with Crippen LogP contribution in [0.25, 0.3) is 0 Å². The standard InChI is InChI=1S/C8H16FN.ClH/c1-6(2)8-7(9)4-3-5-10-8;/h6-8,10H,3-5H2,1-2H3;1H. The zero-order valence-electron chi connectivity index (χ0n) is 7.14. The minimum atomic E-state index is -0.617. The van der Waals surface area contributed by atoms with E-state index >= 15 is 0 Å². The predicted molar refractivity (Wildman–Crippen MR) is 48.0 cm³/mol. The van der Waals surface area contributed by atoms with Crippen LogP contribution in [0.5, 0.6) is 0 Å². The molecule has 0 spiro atoms. The summed E-state index contributed by atoms with van der Waals surface area (Å²) in [4.78, 5) is 0. The van der Waals surface area contributed by atoms with E-state index < -0.39 is 6.17 Å². The van der Waals surface area contributed by atoms with E-state index in [0.717, 1.165) is 19.4 Å². The topological polar surface area (TPSA) is 12.0 Å². The molecule has 0 aliphatic carbocycles. The van der Waals surface area contributed by atoms with Crippen molar-refractivity contribution in [1.82, 2.24) is 5.32 Å². The highest BCUT2D eigenvalue weighted by Gasteiger charge is 2.26. The number of hydrogen-bond donors (Lipinski definition) is 1. The van der Waals surface area contributed by atoms with Gasteiger partial charge in [0, 0.05) is 6.04 Å². The monoisotopic (exact) mass is 181 g/mol. The van der Waals surface area contributed by atoms with Crippen LogP contribution in [0.15, 0.2) is 0 Å². The van der Waals surface area contributed by atoms with Gasteiger partial charge in [0.15, 0.2) is 0 Å². The molecule has 1 fully saturated rings. The van der Waals surface area contributed by atoms with Gasteiger partial charge >= 0.3 is 0 Å². The largest absolute Gasteiger partial charge is 0.311 e. The fourth-order valence-electron chi connectivity index (χ4n) is 1.53. The van der Waals surface area contributed by atoms with E-state index in [9.17, 15) is 4.39 Å². The number of nitrogens with one attached hydrogen (secondary N) is 1. The fraction of sp³-hybridized carbons (Fsp3) is 1.00. The Bertz CT molecular complexity index is 108. The molecule has 0 radical (unpaired) electrons. The molecule has 0 amide bonds. The molecule has 2 unspecified atom stereocenters. The summed E-state index contributed by atoms with van der Waals surface area (Å²) in [5.74, 6) is 0.426. The molecule has 0 saturated carbocycles. The number of piperidine rings is 1. The molecular formula is C8H17ClFN. The van der Waals surface area contributed by atoms with E-state index in [2.05, 4.69) is 19.2 Å². The van der Waals surface area contributed by atoms with Gasteiger partial charge in [-0.2, -0.15) is 0 Å². The molecule has 1 aliphatic rings. The maximum Gasteiger partial charge on any atom is 0.116 e. The van der Waals surface area contributed by atoms with Gasteiger partial charge in [0.2, 0.25) is 0 Å². The molecule has 11 heavy (non-hydrogen) atoms. The zero-order valence-corrected chi connectivity index (χ0v) is 7.96. The Balaban J connectivity index is 0.000001000. The van der Waals surface area contributed by atoms with Crippen LogP contribution >= 0.6 is 12.4 Å². The Morgan fingerprint density at radius 2 is 2.09 bits per heavy atom.